The monoisotopic (exact) mass is 487 g/mol. The van der Waals surface area contributed by atoms with Gasteiger partial charge in [0.2, 0.25) is 0 Å². The molecule has 0 saturated heterocycles. The highest BCUT2D eigenvalue weighted by Crippen LogP contribution is 2.29. The fourth-order valence-corrected chi connectivity index (χ4v) is 4.28. The summed E-state index contributed by atoms with van der Waals surface area (Å²) in [6.45, 7) is 7.59. The van der Waals surface area contributed by atoms with Crippen LogP contribution in [0.2, 0.25) is 5.02 Å². The van der Waals surface area contributed by atoms with Crippen LogP contribution in [0.3, 0.4) is 0 Å². The largest absolute Gasteiger partial charge is 0.422 e. The number of likely N-dealkylation sites (N-methyl/N-ethyl adjacent to an activating group) is 1. The zero-order valence-electron chi connectivity index (χ0n) is 20.4. The molecule has 1 aliphatic rings. The van der Waals surface area contributed by atoms with Gasteiger partial charge in [0.1, 0.15) is 5.75 Å². The van der Waals surface area contributed by atoms with Crippen molar-refractivity contribution in [1.29, 1.82) is 0 Å². The zero-order valence-corrected chi connectivity index (χ0v) is 21.1. The molecular weight excluding hydrogens is 458 g/mol. The van der Waals surface area contributed by atoms with Gasteiger partial charge in [0.15, 0.2) is 0 Å². The first-order valence-electron chi connectivity index (χ1n) is 11.9. The minimum absolute atomic E-state index is 0.425. The van der Waals surface area contributed by atoms with Crippen molar-refractivity contribution in [2.24, 2.45) is 4.99 Å². The second-order valence-electron chi connectivity index (χ2n) is 8.33. The summed E-state index contributed by atoms with van der Waals surface area (Å²) in [5.74, 6) is 0.0717. The van der Waals surface area contributed by atoms with Crippen LogP contribution in [0.15, 0.2) is 77.8 Å². The van der Waals surface area contributed by atoms with Crippen molar-refractivity contribution in [2.75, 3.05) is 43.0 Å². The first-order valence-corrected chi connectivity index (χ1v) is 12.3. The molecule has 180 valence electrons. The van der Waals surface area contributed by atoms with Gasteiger partial charge >= 0.3 is 5.97 Å². The first-order chi connectivity index (χ1) is 17.0. The average molecular weight is 488 g/mol. The van der Waals surface area contributed by atoms with Gasteiger partial charge < -0.3 is 14.5 Å². The normalized spacial score (nSPS) is 13.3. The van der Waals surface area contributed by atoms with Crippen LogP contribution in [0, 0.1) is 0 Å². The second-order valence-corrected chi connectivity index (χ2v) is 8.77. The number of carbonyl (C=O) groups is 1. The zero-order chi connectivity index (χ0) is 24.8. The van der Waals surface area contributed by atoms with Gasteiger partial charge in [-0.15, -0.1) is 0 Å². The average Bonchev–Trinajstić information content (AvgIpc) is 3.03. The van der Waals surface area contributed by atoms with Gasteiger partial charge in [-0.2, -0.15) is 0 Å². The predicted molar refractivity (Wildman–Crippen MR) is 147 cm³/mol. The molecule has 0 spiro atoms. The smallest absolute Gasteiger partial charge is 0.343 e. The lowest BCUT2D eigenvalue weighted by Gasteiger charge is -2.22. The Bertz CT molecular complexity index is 1250. The van der Waals surface area contributed by atoms with Crippen molar-refractivity contribution in [3.05, 3.63) is 94.5 Å². The van der Waals surface area contributed by atoms with Crippen LogP contribution in [0.25, 0.3) is 6.08 Å². The molecular formula is C29H30ClN3O2. The third kappa shape index (κ3) is 5.75. The Labute approximate surface area is 212 Å². The molecule has 6 heteroatoms. The molecule has 4 rings (SSSR count). The Morgan fingerprint density at radius 1 is 1.06 bits per heavy atom. The predicted octanol–water partition coefficient (Wildman–Crippen LogP) is 6.36. The standard InChI is InChI=1S/C29H30ClN3O2/c1-4-33(5-2)24-15-17-28(35-29(34)21-10-13-23(30)14-11-21)22(20-24)12-16-26-25-8-6-7-9-27(25)32(3)19-18-31-26/h6-17,20H,4-5,18-19H2,1-3H3/b16-12+. The molecule has 1 heterocycles. The Hall–Kier alpha value is -3.57. The quantitative estimate of drug-likeness (QED) is 0.287. The third-order valence-electron chi connectivity index (χ3n) is 6.13. The lowest BCUT2D eigenvalue weighted by molar-refractivity contribution is 0.0734. The van der Waals surface area contributed by atoms with Gasteiger partial charge in [-0.05, 0) is 74.5 Å². The highest BCUT2D eigenvalue weighted by atomic mass is 35.5. The lowest BCUT2D eigenvalue weighted by Crippen LogP contribution is -2.21. The number of fused-ring (bicyclic) bond motifs is 1. The van der Waals surface area contributed by atoms with Gasteiger partial charge in [-0.3, -0.25) is 4.99 Å². The van der Waals surface area contributed by atoms with Gasteiger partial charge in [0.05, 0.1) is 17.8 Å². The topological polar surface area (TPSA) is 45.1 Å². The number of benzodiazepines with no additional fused rings is 1. The number of anilines is 2. The van der Waals surface area contributed by atoms with E-state index in [2.05, 4.69) is 48.9 Å². The number of ether oxygens (including phenoxy) is 1. The molecule has 0 aromatic heterocycles. The highest BCUT2D eigenvalue weighted by Gasteiger charge is 2.16. The molecule has 0 fully saturated rings. The number of allylic oxidation sites excluding steroid dienone is 1. The number of benzene rings is 3. The van der Waals surface area contributed by atoms with Crippen LogP contribution >= 0.6 is 11.6 Å². The molecule has 0 bridgehead atoms. The van der Waals surface area contributed by atoms with E-state index in [0.717, 1.165) is 47.8 Å². The summed E-state index contributed by atoms with van der Waals surface area (Å²) in [7, 11) is 2.09. The third-order valence-corrected chi connectivity index (χ3v) is 6.39. The number of esters is 1. The summed E-state index contributed by atoms with van der Waals surface area (Å²) < 4.78 is 5.82. The molecule has 0 aliphatic carbocycles. The lowest BCUT2D eigenvalue weighted by atomic mass is 10.0. The van der Waals surface area contributed by atoms with Crippen molar-refractivity contribution in [3.63, 3.8) is 0 Å². The fraction of sp³-hybridized carbons (Fsp3) is 0.241. The summed E-state index contributed by atoms with van der Waals surface area (Å²) in [5, 5.41) is 0.573. The van der Waals surface area contributed by atoms with Crippen LogP contribution in [-0.4, -0.2) is 44.9 Å². The van der Waals surface area contributed by atoms with Crippen molar-refractivity contribution >= 4 is 40.7 Å². The van der Waals surface area contributed by atoms with E-state index in [1.807, 2.05) is 36.4 Å². The molecule has 0 saturated carbocycles. The number of para-hydroxylation sites is 1. The van der Waals surface area contributed by atoms with E-state index in [4.69, 9.17) is 21.3 Å². The van der Waals surface area contributed by atoms with E-state index in [1.54, 1.807) is 24.3 Å². The Balaban J connectivity index is 1.70. The number of hydrogen-bond donors (Lipinski definition) is 0. The highest BCUT2D eigenvalue weighted by molar-refractivity contribution is 6.30. The summed E-state index contributed by atoms with van der Waals surface area (Å²) >= 11 is 5.97. The molecule has 3 aromatic rings. The Morgan fingerprint density at radius 2 is 1.80 bits per heavy atom. The van der Waals surface area contributed by atoms with Crippen molar-refractivity contribution in [1.82, 2.24) is 0 Å². The maximum absolute atomic E-state index is 12.8. The van der Waals surface area contributed by atoms with Crippen LogP contribution in [0.1, 0.15) is 35.3 Å². The summed E-state index contributed by atoms with van der Waals surface area (Å²) in [4.78, 5) is 22.1. The van der Waals surface area contributed by atoms with E-state index in [0.29, 0.717) is 22.9 Å². The molecule has 3 aromatic carbocycles. The Morgan fingerprint density at radius 3 is 2.54 bits per heavy atom. The molecule has 35 heavy (non-hydrogen) atoms. The van der Waals surface area contributed by atoms with Crippen LogP contribution in [-0.2, 0) is 0 Å². The van der Waals surface area contributed by atoms with E-state index in [1.165, 1.54) is 0 Å². The minimum atomic E-state index is -0.425. The number of carbonyl (C=O) groups excluding carboxylic acids is 1. The molecule has 1 aliphatic heterocycles. The summed E-state index contributed by atoms with van der Waals surface area (Å²) in [6, 6.07) is 20.9. The van der Waals surface area contributed by atoms with Crippen LogP contribution in [0.4, 0.5) is 11.4 Å². The van der Waals surface area contributed by atoms with E-state index in [-0.39, 0.29) is 0 Å². The number of nitrogens with zero attached hydrogens (tertiary/aromatic N) is 3. The summed E-state index contributed by atoms with van der Waals surface area (Å²) in [6.07, 6.45) is 4.00. The number of hydrogen-bond acceptors (Lipinski definition) is 5. The summed E-state index contributed by atoms with van der Waals surface area (Å²) in [5.41, 5.74) is 5.48. The maximum Gasteiger partial charge on any atom is 0.343 e. The first kappa shape index (κ1) is 24.6. The molecule has 0 unspecified atom stereocenters. The minimum Gasteiger partial charge on any atom is -0.422 e. The molecule has 0 amide bonds. The van der Waals surface area contributed by atoms with E-state index in [9.17, 15) is 4.79 Å². The van der Waals surface area contributed by atoms with Gasteiger partial charge in [0, 0.05) is 54.2 Å². The molecule has 0 radical (unpaired) electrons. The molecule has 5 nitrogen and oxygen atoms in total. The van der Waals surface area contributed by atoms with Crippen LogP contribution < -0.4 is 14.5 Å². The number of halogens is 1. The van der Waals surface area contributed by atoms with Gasteiger partial charge in [-0.1, -0.05) is 29.8 Å². The van der Waals surface area contributed by atoms with Crippen molar-refractivity contribution in [2.45, 2.75) is 13.8 Å². The number of aliphatic imine (C=N–C) groups is 1. The van der Waals surface area contributed by atoms with Gasteiger partial charge in [-0.25, -0.2) is 4.79 Å². The SMILES string of the molecule is CCN(CC)c1ccc(OC(=O)c2ccc(Cl)cc2)c(/C=C/C2=NCCN(C)c3ccccc32)c1. The van der Waals surface area contributed by atoms with Crippen molar-refractivity contribution in [3.8, 4) is 5.75 Å². The maximum atomic E-state index is 12.8. The number of rotatable bonds is 7. The van der Waals surface area contributed by atoms with Gasteiger partial charge in [0.25, 0.3) is 0 Å². The van der Waals surface area contributed by atoms with E-state index < -0.39 is 5.97 Å². The van der Waals surface area contributed by atoms with Crippen molar-refractivity contribution < 1.29 is 9.53 Å². The fourth-order valence-electron chi connectivity index (χ4n) is 4.15. The Kier molecular flexibility index (Phi) is 7.88. The molecule has 0 atom stereocenters. The molecule has 0 N–H and O–H groups in total. The second kappa shape index (κ2) is 11.2. The van der Waals surface area contributed by atoms with E-state index >= 15 is 0 Å². The van der Waals surface area contributed by atoms with Crippen LogP contribution in [0.5, 0.6) is 5.75 Å².